The van der Waals surface area contributed by atoms with E-state index in [9.17, 15) is 24.3 Å². The number of hydrogen-bond acceptors (Lipinski definition) is 7. The Morgan fingerprint density at radius 2 is 1.71 bits per heavy atom. The molecule has 1 aromatic heterocycles. The molecule has 3 heterocycles. The molecule has 2 fully saturated rings. The number of aromatic amines is 1. The zero-order valence-corrected chi connectivity index (χ0v) is 19.5. The van der Waals surface area contributed by atoms with Crippen LogP contribution in [-0.2, 0) is 4.79 Å². The van der Waals surface area contributed by atoms with Crippen molar-refractivity contribution in [3.05, 3.63) is 73.0 Å². The van der Waals surface area contributed by atoms with Gasteiger partial charge in [0.15, 0.2) is 5.75 Å². The van der Waals surface area contributed by atoms with Crippen molar-refractivity contribution in [2.45, 2.75) is 37.8 Å². The maximum absolute atomic E-state index is 13.3. The highest BCUT2D eigenvalue weighted by Gasteiger charge is 2.43. The minimum atomic E-state index is -0.770. The van der Waals surface area contributed by atoms with E-state index in [1.165, 1.54) is 30.3 Å². The van der Waals surface area contributed by atoms with Gasteiger partial charge in [-0.3, -0.25) is 19.4 Å². The Morgan fingerprint density at radius 3 is 2.34 bits per heavy atom. The van der Waals surface area contributed by atoms with E-state index >= 15 is 0 Å². The Labute approximate surface area is 207 Å². The van der Waals surface area contributed by atoms with Gasteiger partial charge in [-0.2, -0.15) is 9.78 Å². The van der Waals surface area contributed by atoms with Gasteiger partial charge < -0.3 is 14.7 Å². The van der Waals surface area contributed by atoms with Gasteiger partial charge in [0.25, 0.3) is 11.5 Å². The number of piperidine rings is 1. The molecule has 180 valence electrons. The molecule has 3 aromatic rings. The fraction of sp³-hybridized carbons (Fsp3) is 0.261. The first-order valence-corrected chi connectivity index (χ1v) is 11.5. The topological polar surface area (TPSA) is 135 Å². The Morgan fingerprint density at radius 1 is 1.06 bits per heavy atom. The van der Waals surface area contributed by atoms with E-state index in [0.29, 0.717) is 12.8 Å². The summed E-state index contributed by atoms with van der Waals surface area (Å²) in [5, 5.41) is 14.2. The summed E-state index contributed by atoms with van der Waals surface area (Å²) >= 11 is 12.7. The van der Waals surface area contributed by atoms with Gasteiger partial charge >= 0.3 is 5.69 Å². The monoisotopic (exact) mass is 516 g/mol. The fourth-order valence-electron chi connectivity index (χ4n) is 4.61. The molecule has 2 aliphatic rings. The number of phenolic OH excluding ortho intramolecular Hbond substituents is 1. The largest absolute Gasteiger partial charge is 0.507 e. The molecule has 1 amide bonds. The zero-order valence-electron chi connectivity index (χ0n) is 18.0. The molecule has 2 atom stereocenters. The molecular formula is C23H18Cl2N4O6. The van der Waals surface area contributed by atoms with Crippen molar-refractivity contribution in [3.8, 4) is 22.9 Å². The molecule has 12 heteroatoms. The number of halogens is 2. The van der Waals surface area contributed by atoms with Crippen LogP contribution in [0.3, 0.4) is 0 Å². The summed E-state index contributed by atoms with van der Waals surface area (Å²) in [7, 11) is 0. The molecule has 35 heavy (non-hydrogen) atoms. The highest BCUT2D eigenvalue weighted by Crippen LogP contribution is 2.40. The summed E-state index contributed by atoms with van der Waals surface area (Å²) in [5.74, 6) is -0.182. The van der Waals surface area contributed by atoms with Crippen LogP contribution in [0, 0.1) is 0 Å². The maximum Gasteiger partial charge on any atom is 0.349 e. The van der Waals surface area contributed by atoms with Gasteiger partial charge in [-0.15, -0.1) is 0 Å². The summed E-state index contributed by atoms with van der Waals surface area (Å²) in [6.07, 6.45) is 3.09. The van der Waals surface area contributed by atoms with E-state index in [-0.39, 0.29) is 62.3 Å². The number of nitrogens with one attached hydrogen (secondary N) is 1. The summed E-state index contributed by atoms with van der Waals surface area (Å²) in [6.45, 7) is 0. The van der Waals surface area contributed by atoms with Crippen LogP contribution in [0.1, 0.15) is 36.0 Å². The Bertz CT molecular complexity index is 1440. The number of carbonyl (C=O) groups excluding carboxylic acids is 2. The van der Waals surface area contributed by atoms with Crippen molar-refractivity contribution < 1.29 is 19.4 Å². The first kappa shape index (κ1) is 23.1. The van der Waals surface area contributed by atoms with E-state index in [4.69, 9.17) is 27.9 Å². The molecule has 2 aromatic carbocycles. The summed E-state index contributed by atoms with van der Waals surface area (Å²) < 4.78 is 6.75. The number of phenols is 1. The van der Waals surface area contributed by atoms with Gasteiger partial charge in [-0.1, -0.05) is 23.2 Å². The minimum Gasteiger partial charge on any atom is -0.507 e. The molecular weight excluding hydrogens is 499 g/mol. The molecule has 0 saturated carbocycles. The van der Waals surface area contributed by atoms with Crippen molar-refractivity contribution in [2.75, 3.05) is 0 Å². The van der Waals surface area contributed by atoms with Crippen molar-refractivity contribution in [1.29, 1.82) is 0 Å². The smallest absolute Gasteiger partial charge is 0.349 e. The minimum absolute atomic E-state index is 0.0425. The first-order valence-electron chi connectivity index (χ1n) is 10.7. The molecule has 0 aliphatic carbocycles. The number of hydrogen-bond donors (Lipinski definition) is 2. The maximum atomic E-state index is 13.3. The molecule has 2 bridgehead atoms. The second-order valence-corrected chi connectivity index (χ2v) is 9.23. The van der Waals surface area contributed by atoms with Crippen LogP contribution in [0.4, 0.5) is 0 Å². The number of Topliss-reactive ketones (excluding diaryl/α,β-unsaturated/α-hetero) is 1. The van der Waals surface area contributed by atoms with Crippen LogP contribution in [0.25, 0.3) is 5.69 Å². The van der Waals surface area contributed by atoms with Gasteiger partial charge in [0.2, 0.25) is 0 Å². The average molecular weight is 517 g/mol. The van der Waals surface area contributed by atoms with Crippen molar-refractivity contribution >= 4 is 34.9 Å². The first-order chi connectivity index (χ1) is 16.7. The second-order valence-electron chi connectivity index (χ2n) is 8.41. The van der Waals surface area contributed by atoms with Crippen LogP contribution >= 0.6 is 23.2 Å². The van der Waals surface area contributed by atoms with Gasteiger partial charge in [-0.25, -0.2) is 4.79 Å². The van der Waals surface area contributed by atoms with E-state index in [1.807, 2.05) is 0 Å². The number of aromatic nitrogens is 3. The fourth-order valence-corrected chi connectivity index (χ4v) is 5.17. The van der Waals surface area contributed by atoms with Crippen molar-refractivity contribution in [3.63, 3.8) is 0 Å². The number of ketones is 1. The molecule has 2 N–H and O–H groups in total. The zero-order chi connectivity index (χ0) is 24.9. The summed E-state index contributed by atoms with van der Waals surface area (Å²) in [4.78, 5) is 52.2. The number of rotatable bonds is 4. The molecule has 0 spiro atoms. The van der Waals surface area contributed by atoms with E-state index < -0.39 is 11.2 Å². The van der Waals surface area contributed by atoms with E-state index in [2.05, 4.69) is 10.1 Å². The lowest BCUT2D eigenvalue weighted by Gasteiger charge is -2.34. The lowest BCUT2D eigenvalue weighted by Crippen LogP contribution is -2.46. The third-order valence-electron chi connectivity index (χ3n) is 6.14. The van der Waals surface area contributed by atoms with Gasteiger partial charge in [0, 0.05) is 24.9 Å². The Hall–Kier alpha value is -3.63. The lowest BCUT2D eigenvalue weighted by molar-refractivity contribution is -0.122. The normalized spacial score (nSPS) is 19.1. The SMILES string of the molecule is O=C1CC2CCC(C1)N2C(=O)c1cc(Oc2c(Cl)cc(-n3ncc(=O)[nH]c3=O)cc2Cl)ccc1O. The number of fused-ring (bicyclic) bond motifs is 2. The van der Waals surface area contributed by atoms with Crippen molar-refractivity contribution in [2.24, 2.45) is 0 Å². The van der Waals surface area contributed by atoms with Crippen LogP contribution in [0.15, 0.2) is 46.1 Å². The third-order valence-corrected chi connectivity index (χ3v) is 6.70. The quantitative estimate of drug-likeness (QED) is 0.543. The summed E-state index contributed by atoms with van der Waals surface area (Å²) in [5.41, 5.74) is -1.18. The van der Waals surface area contributed by atoms with Gasteiger partial charge in [0.1, 0.15) is 23.5 Å². The molecule has 2 unspecified atom stereocenters. The lowest BCUT2D eigenvalue weighted by atomic mass is 10.00. The van der Waals surface area contributed by atoms with E-state index in [1.54, 1.807) is 4.90 Å². The number of nitrogens with zero attached hydrogens (tertiary/aromatic N) is 3. The van der Waals surface area contributed by atoms with Crippen LogP contribution in [0.2, 0.25) is 10.0 Å². The number of aromatic hydroxyl groups is 1. The Balaban J connectivity index is 1.44. The number of benzene rings is 2. The van der Waals surface area contributed by atoms with Gasteiger partial charge in [0.05, 0.1) is 21.3 Å². The predicted octanol–water partition coefficient (Wildman–Crippen LogP) is 3.06. The highest BCUT2D eigenvalue weighted by atomic mass is 35.5. The average Bonchev–Trinajstić information content (AvgIpc) is 3.07. The van der Waals surface area contributed by atoms with Crippen LogP contribution in [0.5, 0.6) is 17.2 Å². The predicted molar refractivity (Wildman–Crippen MR) is 126 cm³/mol. The van der Waals surface area contributed by atoms with Crippen molar-refractivity contribution in [1.82, 2.24) is 19.7 Å². The second kappa shape index (κ2) is 8.86. The van der Waals surface area contributed by atoms with Gasteiger partial charge in [-0.05, 0) is 43.2 Å². The number of ether oxygens (including phenoxy) is 1. The van der Waals surface area contributed by atoms with E-state index in [0.717, 1.165) is 23.7 Å². The van der Waals surface area contributed by atoms with Crippen LogP contribution in [-0.4, -0.2) is 48.5 Å². The molecule has 10 nitrogen and oxygen atoms in total. The summed E-state index contributed by atoms with van der Waals surface area (Å²) in [6, 6.07) is 6.60. The molecule has 5 rings (SSSR count). The highest BCUT2D eigenvalue weighted by molar-refractivity contribution is 6.37. The third kappa shape index (κ3) is 4.30. The standard InChI is InChI=1S/C23H18Cl2N4O6/c24-17-7-13(29-23(34)27-20(32)10-26-29)8-18(25)21(17)35-15-3-4-19(31)16(9-15)22(33)28-11-1-2-12(28)6-14(30)5-11/h3-4,7-12,31H,1-2,5-6H2,(H,27,32,34). The number of carbonyl (C=O) groups is 2. The molecule has 2 saturated heterocycles. The molecule has 2 aliphatic heterocycles. The number of amides is 1. The number of H-pyrrole nitrogens is 1. The molecule has 0 radical (unpaired) electrons. The van der Waals surface area contributed by atoms with Crippen LogP contribution < -0.4 is 16.0 Å². The Kier molecular flexibility index (Phi) is 5.86.